The second kappa shape index (κ2) is 5.66. The maximum Gasteiger partial charge on any atom is 0.263 e. The van der Waals surface area contributed by atoms with E-state index in [1.165, 1.54) is 17.4 Å². The summed E-state index contributed by atoms with van der Waals surface area (Å²) in [5.74, 6) is -3.80. The zero-order chi connectivity index (χ0) is 15.8. The van der Waals surface area contributed by atoms with Crippen molar-refractivity contribution in [2.45, 2.75) is 18.4 Å². The smallest absolute Gasteiger partial charge is 0.263 e. The van der Waals surface area contributed by atoms with E-state index in [0.717, 1.165) is 0 Å². The molecule has 0 aliphatic rings. The number of thiophene rings is 1. The van der Waals surface area contributed by atoms with Crippen LogP contribution in [0.5, 0.6) is 0 Å². The zero-order valence-corrected chi connectivity index (χ0v) is 12.4. The standard InChI is InChI=1S/C12H11F3N2O2S2/c1-6-11(4-8(5-16)20-6)21(18,19)17-12-9(14)2-7(13)3-10(12)15/h2-4,17H,5,16H2,1H3. The molecule has 0 radical (unpaired) electrons. The van der Waals surface area contributed by atoms with Gasteiger partial charge in [0.1, 0.15) is 16.4 Å². The van der Waals surface area contributed by atoms with E-state index in [-0.39, 0.29) is 11.4 Å². The summed E-state index contributed by atoms with van der Waals surface area (Å²) in [7, 11) is -4.19. The second-order valence-corrected chi connectivity index (χ2v) is 7.18. The van der Waals surface area contributed by atoms with Crippen LogP contribution >= 0.6 is 11.3 Å². The molecule has 9 heteroatoms. The maximum atomic E-state index is 13.5. The number of hydrogen-bond acceptors (Lipinski definition) is 4. The van der Waals surface area contributed by atoms with E-state index in [4.69, 9.17) is 5.73 Å². The first-order valence-electron chi connectivity index (χ1n) is 5.71. The van der Waals surface area contributed by atoms with Crippen LogP contribution in [-0.4, -0.2) is 8.42 Å². The number of sulfonamides is 1. The third-order valence-electron chi connectivity index (χ3n) is 2.66. The Morgan fingerprint density at radius 2 is 1.76 bits per heavy atom. The minimum Gasteiger partial charge on any atom is -0.326 e. The molecule has 1 heterocycles. The molecule has 2 rings (SSSR count). The fraction of sp³-hybridized carbons (Fsp3) is 0.167. The highest BCUT2D eigenvalue weighted by atomic mass is 32.2. The molecule has 4 nitrogen and oxygen atoms in total. The Morgan fingerprint density at radius 1 is 1.19 bits per heavy atom. The second-order valence-electron chi connectivity index (χ2n) is 4.19. The lowest BCUT2D eigenvalue weighted by Gasteiger charge is -2.09. The van der Waals surface area contributed by atoms with Gasteiger partial charge in [-0.2, -0.15) is 0 Å². The summed E-state index contributed by atoms with van der Waals surface area (Å²) in [5, 5.41) is 0. The summed E-state index contributed by atoms with van der Waals surface area (Å²) in [6.45, 7) is 1.70. The van der Waals surface area contributed by atoms with Crippen LogP contribution in [0, 0.1) is 24.4 Å². The van der Waals surface area contributed by atoms with Gasteiger partial charge in [0.15, 0.2) is 11.6 Å². The van der Waals surface area contributed by atoms with Crippen LogP contribution in [0.25, 0.3) is 0 Å². The van der Waals surface area contributed by atoms with E-state index in [1.807, 2.05) is 0 Å². The highest BCUT2D eigenvalue weighted by Crippen LogP contribution is 2.29. The molecule has 0 aliphatic heterocycles. The van der Waals surface area contributed by atoms with Crippen LogP contribution < -0.4 is 10.5 Å². The van der Waals surface area contributed by atoms with Crippen LogP contribution in [0.4, 0.5) is 18.9 Å². The molecule has 21 heavy (non-hydrogen) atoms. The first-order valence-corrected chi connectivity index (χ1v) is 8.01. The van der Waals surface area contributed by atoms with Gasteiger partial charge in [-0.05, 0) is 13.0 Å². The highest BCUT2D eigenvalue weighted by Gasteiger charge is 2.23. The van der Waals surface area contributed by atoms with Crippen molar-refractivity contribution in [1.82, 2.24) is 0 Å². The third kappa shape index (κ3) is 3.20. The molecule has 0 spiro atoms. The summed E-state index contributed by atoms with van der Waals surface area (Å²) in [4.78, 5) is 0.940. The number of anilines is 1. The minimum atomic E-state index is -4.19. The van der Waals surface area contributed by atoms with Gasteiger partial charge in [-0.1, -0.05) is 0 Å². The minimum absolute atomic E-state index is 0.115. The van der Waals surface area contributed by atoms with E-state index in [1.54, 1.807) is 11.6 Å². The van der Waals surface area contributed by atoms with E-state index in [9.17, 15) is 21.6 Å². The average molecular weight is 336 g/mol. The van der Waals surface area contributed by atoms with Gasteiger partial charge in [0.25, 0.3) is 10.0 Å². The average Bonchev–Trinajstić information content (AvgIpc) is 2.76. The van der Waals surface area contributed by atoms with Gasteiger partial charge in [-0.3, -0.25) is 4.72 Å². The Balaban J connectivity index is 2.44. The molecule has 0 atom stereocenters. The molecular formula is C12H11F3N2O2S2. The molecular weight excluding hydrogens is 325 g/mol. The molecule has 1 aromatic heterocycles. The number of hydrogen-bond donors (Lipinski definition) is 2. The molecule has 0 aliphatic carbocycles. The molecule has 1 aromatic carbocycles. The van der Waals surface area contributed by atoms with Crippen LogP contribution in [0.15, 0.2) is 23.1 Å². The quantitative estimate of drug-likeness (QED) is 0.902. The summed E-state index contributed by atoms with van der Waals surface area (Å²) in [5.41, 5.74) is 4.51. The largest absolute Gasteiger partial charge is 0.326 e. The van der Waals surface area contributed by atoms with E-state index in [2.05, 4.69) is 0 Å². The molecule has 0 unspecified atom stereocenters. The molecule has 114 valence electrons. The molecule has 0 saturated carbocycles. The normalized spacial score (nSPS) is 11.7. The Labute approximate surface area is 123 Å². The fourth-order valence-electron chi connectivity index (χ4n) is 1.72. The fourth-order valence-corrected chi connectivity index (χ4v) is 4.31. The maximum absolute atomic E-state index is 13.5. The van der Waals surface area contributed by atoms with Gasteiger partial charge in [-0.25, -0.2) is 21.6 Å². The van der Waals surface area contributed by atoms with Crippen molar-refractivity contribution in [1.29, 1.82) is 0 Å². The third-order valence-corrected chi connectivity index (χ3v) is 5.34. The number of nitrogens with one attached hydrogen (secondary N) is 1. The van der Waals surface area contributed by atoms with Crippen molar-refractivity contribution in [3.05, 3.63) is 45.4 Å². The zero-order valence-electron chi connectivity index (χ0n) is 10.8. The Kier molecular flexibility index (Phi) is 4.26. The van der Waals surface area contributed by atoms with Gasteiger partial charge < -0.3 is 5.73 Å². The van der Waals surface area contributed by atoms with Gasteiger partial charge in [-0.15, -0.1) is 11.3 Å². The first-order chi connectivity index (χ1) is 9.74. The van der Waals surface area contributed by atoms with Crippen LogP contribution in [-0.2, 0) is 16.6 Å². The SMILES string of the molecule is Cc1sc(CN)cc1S(=O)(=O)Nc1c(F)cc(F)cc1F. The number of rotatable bonds is 4. The van der Waals surface area contributed by atoms with Crippen molar-refractivity contribution >= 4 is 27.0 Å². The predicted molar refractivity (Wildman–Crippen MR) is 74.1 cm³/mol. The molecule has 0 bridgehead atoms. The molecule has 2 aromatic rings. The van der Waals surface area contributed by atoms with Crippen LogP contribution in [0.3, 0.4) is 0 Å². The molecule has 0 fully saturated rings. The van der Waals surface area contributed by atoms with Gasteiger partial charge in [0.05, 0.1) is 0 Å². The van der Waals surface area contributed by atoms with E-state index >= 15 is 0 Å². The predicted octanol–water partition coefficient (Wildman–Crippen LogP) is 2.73. The first kappa shape index (κ1) is 15.8. The number of halogens is 3. The highest BCUT2D eigenvalue weighted by molar-refractivity contribution is 7.93. The summed E-state index contributed by atoms with van der Waals surface area (Å²) in [6.07, 6.45) is 0. The Morgan fingerprint density at radius 3 is 2.24 bits per heavy atom. The Bertz CT molecular complexity index is 765. The van der Waals surface area contributed by atoms with E-state index in [0.29, 0.717) is 21.9 Å². The lowest BCUT2D eigenvalue weighted by Crippen LogP contribution is -2.15. The van der Waals surface area contributed by atoms with Gasteiger partial charge >= 0.3 is 0 Å². The van der Waals surface area contributed by atoms with Crippen LogP contribution in [0.1, 0.15) is 9.75 Å². The molecule has 3 N–H and O–H groups in total. The van der Waals surface area contributed by atoms with Crippen molar-refractivity contribution in [3.63, 3.8) is 0 Å². The lowest BCUT2D eigenvalue weighted by molar-refractivity contribution is 0.547. The summed E-state index contributed by atoms with van der Waals surface area (Å²) < 4.78 is 66.0. The lowest BCUT2D eigenvalue weighted by atomic mass is 10.3. The van der Waals surface area contributed by atoms with Gasteiger partial charge in [0, 0.05) is 28.4 Å². The monoisotopic (exact) mass is 336 g/mol. The number of benzene rings is 1. The van der Waals surface area contributed by atoms with Crippen molar-refractivity contribution in [2.24, 2.45) is 5.73 Å². The Hall–Kier alpha value is -1.58. The van der Waals surface area contributed by atoms with Gasteiger partial charge in [0.2, 0.25) is 0 Å². The number of aryl methyl sites for hydroxylation is 1. The molecule has 0 amide bonds. The topological polar surface area (TPSA) is 72.2 Å². The molecule has 0 saturated heterocycles. The van der Waals surface area contributed by atoms with Crippen molar-refractivity contribution in [2.75, 3.05) is 4.72 Å². The summed E-state index contributed by atoms with van der Waals surface area (Å²) in [6, 6.07) is 2.13. The van der Waals surface area contributed by atoms with E-state index < -0.39 is 33.2 Å². The summed E-state index contributed by atoms with van der Waals surface area (Å²) >= 11 is 1.17. The van der Waals surface area contributed by atoms with Crippen molar-refractivity contribution < 1.29 is 21.6 Å². The number of nitrogens with two attached hydrogens (primary N) is 1. The van der Waals surface area contributed by atoms with Crippen molar-refractivity contribution in [3.8, 4) is 0 Å². The van der Waals surface area contributed by atoms with Crippen LogP contribution in [0.2, 0.25) is 0 Å².